The highest BCUT2D eigenvalue weighted by Crippen LogP contribution is 2.30. The fourth-order valence-electron chi connectivity index (χ4n) is 3.64. The molecule has 160 valence electrons. The van der Waals surface area contributed by atoms with Crippen LogP contribution in [-0.2, 0) is 12.7 Å². The molecule has 0 spiro atoms. The van der Waals surface area contributed by atoms with Crippen LogP contribution in [0, 0.1) is 11.8 Å². The summed E-state index contributed by atoms with van der Waals surface area (Å²) in [6.07, 6.45) is -0.929. The monoisotopic (exact) mass is 419 g/mol. The Morgan fingerprint density at radius 1 is 1.25 bits per heavy atom. The first-order chi connectivity index (χ1) is 13.3. The molecule has 0 radical (unpaired) electrons. The summed E-state index contributed by atoms with van der Waals surface area (Å²) < 4.78 is 37.9. The smallest absolute Gasteiger partial charge is 0.357 e. The summed E-state index contributed by atoms with van der Waals surface area (Å²) in [6.45, 7) is 11.7. The zero-order valence-corrected chi connectivity index (χ0v) is 17.8. The minimum atomic E-state index is -4.40. The predicted molar refractivity (Wildman–Crippen MR) is 109 cm³/mol. The third kappa shape index (κ3) is 7.95. The van der Waals surface area contributed by atoms with Gasteiger partial charge >= 0.3 is 6.18 Å². The van der Waals surface area contributed by atoms with Crippen molar-refractivity contribution in [1.29, 1.82) is 0 Å². The summed E-state index contributed by atoms with van der Waals surface area (Å²) in [5, 5.41) is 7.78. The van der Waals surface area contributed by atoms with Gasteiger partial charge in [0.25, 0.3) is 0 Å². The third-order valence-electron chi connectivity index (χ3n) is 4.70. The van der Waals surface area contributed by atoms with E-state index in [0.29, 0.717) is 17.5 Å². The Bertz CT molecular complexity index is 607. The van der Waals surface area contributed by atoms with E-state index in [1.165, 1.54) is 19.5 Å². The van der Waals surface area contributed by atoms with E-state index in [4.69, 9.17) is 0 Å². The Balaban J connectivity index is 1.71. The molecule has 5 nitrogen and oxygen atoms in total. The van der Waals surface area contributed by atoms with E-state index >= 15 is 0 Å². The average Bonchev–Trinajstić information content (AvgIpc) is 3.08. The van der Waals surface area contributed by atoms with Gasteiger partial charge in [-0.3, -0.25) is 0 Å². The molecule has 1 fully saturated rings. The van der Waals surface area contributed by atoms with E-state index in [1.54, 1.807) is 0 Å². The Kier molecular flexibility index (Phi) is 9.01. The number of guanidine groups is 1. The van der Waals surface area contributed by atoms with Crippen molar-refractivity contribution >= 4 is 17.3 Å². The molecule has 1 saturated heterocycles. The molecule has 0 amide bonds. The van der Waals surface area contributed by atoms with Gasteiger partial charge in [0.1, 0.15) is 5.01 Å². The second-order valence-corrected chi connectivity index (χ2v) is 8.60. The molecule has 2 unspecified atom stereocenters. The van der Waals surface area contributed by atoms with Crippen LogP contribution in [-0.4, -0.2) is 48.6 Å². The molecule has 0 saturated carbocycles. The van der Waals surface area contributed by atoms with E-state index in [2.05, 4.69) is 39.4 Å². The van der Waals surface area contributed by atoms with Crippen LogP contribution in [0.3, 0.4) is 0 Å². The SMILES string of the molecule is CCNC(=NCc1nc(C(F)(F)F)cs1)NCCCCN1CC(C)CC(C)C1. The summed E-state index contributed by atoms with van der Waals surface area (Å²) in [7, 11) is 0. The molecule has 2 atom stereocenters. The van der Waals surface area contributed by atoms with E-state index in [1.807, 2.05) is 6.92 Å². The maximum Gasteiger partial charge on any atom is 0.434 e. The summed E-state index contributed by atoms with van der Waals surface area (Å²) in [4.78, 5) is 10.5. The van der Waals surface area contributed by atoms with Crippen LogP contribution in [0.2, 0.25) is 0 Å². The Morgan fingerprint density at radius 3 is 2.57 bits per heavy atom. The molecule has 2 N–H and O–H groups in total. The largest absolute Gasteiger partial charge is 0.434 e. The minimum Gasteiger partial charge on any atom is -0.357 e. The molecule has 9 heteroatoms. The molecular weight excluding hydrogens is 387 g/mol. The number of aliphatic imine (C=N–C) groups is 1. The lowest BCUT2D eigenvalue weighted by Gasteiger charge is -2.34. The standard InChI is InChI=1S/C19H32F3N5S/c1-4-23-18(25-10-17-26-16(13-28-17)19(20,21)22)24-7-5-6-8-27-11-14(2)9-15(3)12-27/h13-15H,4-12H2,1-3H3,(H2,23,24,25). The van der Waals surface area contributed by atoms with Gasteiger partial charge in [0.2, 0.25) is 0 Å². The predicted octanol–water partition coefficient (Wildman–Crippen LogP) is 3.98. The number of unbranched alkanes of at least 4 members (excludes halogenated alkanes) is 1. The van der Waals surface area contributed by atoms with Crippen molar-refractivity contribution in [3.63, 3.8) is 0 Å². The summed E-state index contributed by atoms with van der Waals surface area (Å²) >= 11 is 0.985. The quantitative estimate of drug-likeness (QED) is 0.380. The topological polar surface area (TPSA) is 52.6 Å². The maximum atomic E-state index is 12.6. The molecule has 1 aliphatic heterocycles. The second-order valence-electron chi connectivity index (χ2n) is 7.66. The molecule has 1 aromatic rings. The van der Waals surface area contributed by atoms with Crippen molar-refractivity contribution in [2.75, 3.05) is 32.7 Å². The van der Waals surface area contributed by atoms with Gasteiger partial charge in [0.15, 0.2) is 11.7 Å². The van der Waals surface area contributed by atoms with Crippen LogP contribution in [0.4, 0.5) is 13.2 Å². The molecule has 0 aliphatic carbocycles. The van der Waals surface area contributed by atoms with Gasteiger partial charge in [-0.1, -0.05) is 13.8 Å². The normalized spacial score (nSPS) is 21.7. The Morgan fingerprint density at radius 2 is 1.96 bits per heavy atom. The number of hydrogen-bond acceptors (Lipinski definition) is 4. The second kappa shape index (κ2) is 11.0. The fourth-order valence-corrected chi connectivity index (χ4v) is 4.37. The van der Waals surface area contributed by atoms with Crippen molar-refractivity contribution in [1.82, 2.24) is 20.5 Å². The highest BCUT2D eigenvalue weighted by atomic mass is 32.1. The van der Waals surface area contributed by atoms with Crippen molar-refractivity contribution in [3.8, 4) is 0 Å². The number of thiazole rings is 1. The number of aromatic nitrogens is 1. The summed E-state index contributed by atoms with van der Waals surface area (Å²) in [6, 6.07) is 0. The number of likely N-dealkylation sites (tertiary alicyclic amines) is 1. The van der Waals surface area contributed by atoms with Gasteiger partial charge in [0, 0.05) is 31.6 Å². The first-order valence-corrected chi connectivity index (χ1v) is 10.9. The number of piperidine rings is 1. The van der Waals surface area contributed by atoms with Crippen LogP contribution in [0.5, 0.6) is 0 Å². The van der Waals surface area contributed by atoms with Crippen molar-refractivity contribution < 1.29 is 13.2 Å². The zero-order valence-electron chi connectivity index (χ0n) is 17.0. The Labute approximate surface area is 169 Å². The lowest BCUT2D eigenvalue weighted by molar-refractivity contribution is -0.140. The fraction of sp³-hybridized carbons (Fsp3) is 0.789. The zero-order chi connectivity index (χ0) is 20.6. The van der Waals surface area contributed by atoms with Crippen LogP contribution >= 0.6 is 11.3 Å². The van der Waals surface area contributed by atoms with E-state index < -0.39 is 11.9 Å². The van der Waals surface area contributed by atoms with Gasteiger partial charge in [0.05, 0.1) is 6.54 Å². The van der Waals surface area contributed by atoms with E-state index in [9.17, 15) is 13.2 Å². The maximum absolute atomic E-state index is 12.6. The van der Waals surface area contributed by atoms with Gasteiger partial charge in [-0.2, -0.15) is 13.2 Å². The molecule has 2 rings (SSSR count). The molecule has 2 heterocycles. The number of rotatable bonds is 8. The Hall–Kier alpha value is -1.35. The third-order valence-corrected chi connectivity index (χ3v) is 5.53. The number of hydrogen-bond donors (Lipinski definition) is 2. The van der Waals surface area contributed by atoms with Crippen molar-refractivity contribution in [2.24, 2.45) is 16.8 Å². The lowest BCUT2D eigenvalue weighted by Crippen LogP contribution is -2.40. The molecule has 1 aliphatic rings. The number of nitrogens with zero attached hydrogens (tertiary/aromatic N) is 3. The summed E-state index contributed by atoms with van der Waals surface area (Å²) in [5.41, 5.74) is -0.845. The van der Waals surface area contributed by atoms with Gasteiger partial charge in [-0.05, 0) is 44.6 Å². The van der Waals surface area contributed by atoms with Gasteiger partial charge < -0.3 is 15.5 Å². The van der Waals surface area contributed by atoms with E-state index in [-0.39, 0.29) is 6.54 Å². The molecular formula is C19H32F3N5S. The molecule has 28 heavy (non-hydrogen) atoms. The highest BCUT2D eigenvalue weighted by molar-refractivity contribution is 7.09. The van der Waals surface area contributed by atoms with Crippen molar-refractivity contribution in [2.45, 2.75) is 52.8 Å². The number of halogens is 3. The van der Waals surface area contributed by atoms with E-state index in [0.717, 1.165) is 54.5 Å². The number of alkyl halides is 3. The molecule has 0 aromatic carbocycles. The average molecular weight is 420 g/mol. The van der Waals surface area contributed by atoms with Crippen LogP contribution < -0.4 is 10.6 Å². The minimum absolute atomic E-state index is 0.139. The van der Waals surface area contributed by atoms with Gasteiger partial charge in [-0.15, -0.1) is 11.3 Å². The lowest BCUT2D eigenvalue weighted by atomic mass is 9.92. The first-order valence-electron chi connectivity index (χ1n) is 10.0. The van der Waals surface area contributed by atoms with Crippen LogP contribution in [0.1, 0.15) is 50.7 Å². The molecule has 0 bridgehead atoms. The summed E-state index contributed by atoms with van der Waals surface area (Å²) in [5.74, 6) is 2.17. The van der Waals surface area contributed by atoms with Gasteiger partial charge in [-0.25, -0.2) is 9.98 Å². The highest BCUT2D eigenvalue weighted by Gasteiger charge is 2.33. The van der Waals surface area contributed by atoms with Crippen LogP contribution in [0.15, 0.2) is 10.4 Å². The first kappa shape index (κ1) is 22.9. The van der Waals surface area contributed by atoms with Crippen LogP contribution in [0.25, 0.3) is 0 Å². The van der Waals surface area contributed by atoms with Crippen molar-refractivity contribution in [3.05, 3.63) is 16.1 Å². The number of nitrogens with one attached hydrogen (secondary N) is 2. The molecule has 1 aromatic heterocycles.